The van der Waals surface area contributed by atoms with E-state index in [1.165, 1.54) is 12.2 Å². The molecular formula is C24H26N6O2. The number of fused-ring (bicyclic) bond motifs is 1. The van der Waals surface area contributed by atoms with Crippen molar-refractivity contribution in [1.82, 2.24) is 19.8 Å². The number of amides is 2. The Morgan fingerprint density at radius 2 is 1.88 bits per heavy atom. The van der Waals surface area contributed by atoms with Gasteiger partial charge in [-0.2, -0.15) is 0 Å². The minimum atomic E-state index is -0.411. The maximum Gasteiger partial charge on any atom is 0.249 e. The summed E-state index contributed by atoms with van der Waals surface area (Å²) in [5.41, 5.74) is 9.89. The Morgan fingerprint density at radius 3 is 2.62 bits per heavy atom. The molecule has 8 heteroatoms. The van der Waals surface area contributed by atoms with Crippen LogP contribution in [0.2, 0.25) is 0 Å². The van der Waals surface area contributed by atoms with E-state index in [4.69, 9.17) is 5.73 Å². The molecule has 0 unspecified atom stereocenters. The molecule has 164 valence electrons. The first-order valence-electron chi connectivity index (χ1n) is 10.5. The fourth-order valence-electron chi connectivity index (χ4n) is 3.72. The van der Waals surface area contributed by atoms with E-state index in [2.05, 4.69) is 20.2 Å². The SMILES string of the molecule is Cc1ccncc1-c1cc(N)c2cnc(NC(=O)/C=C/C(=O)N3CCN(C)CC3)cc2c1. The van der Waals surface area contributed by atoms with Gasteiger partial charge in [0.05, 0.1) is 0 Å². The second-order valence-electron chi connectivity index (χ2n) is 8.00. The molecule has 3 heterocycles. The fourth-order valence-corrected chi connectivity index (χ4v) is 3.72. The van der Waals surface area contributed by atoms with Crippen LogP contribution in [0.5, 0.6) is 0 Å². The number of nitrogens with one attached hydrogen (secondary N) is 1. The van der Waals surface area contributed by atoms with Gasteiger partial charge in [-0.25, -0.2) is 4.98 Å². The number of nitrogen functional groups attached to an aromatic ring is 1. The third kappa shape index (κ3) is 4.76. The molecule has 0 bridgehead atoms. The lowest BCUT2D eigenvalue weighted by molar-refractivity contribution is -0.127. The Labute approximate surface area is 186 Å². The van der Waals surface area contributed by atoms with Gasteiger partial charge in [0.1, 0.15) is 5.82 Å². The summed E-state index contributed by atoms with van der Waals surface area (Å²) < 4.78 is 0. The summed E-state index contributed by atoms with van der Waals surface area (Å²) in [5, 5.41) is 4.37. The molecule has 0 aliphatic carbocycles. The lowest BCUT2D eigenvalue weighted by Crippen LogP contribution is -2.46. The van der Waals surface area contributed by atoms with E-state index >= 15 is 0 Å². The molecule has 1 aromatic carbocycles. The zero-order chi connectivity index (χ0) is 22.7. The summed E-state index contributed by atoms with van der Waals surface area (Å²) in [4.78, 5) is 37.0. The van der Waals surface area contributed by atoms with E-state index in [1.807, 2.05) is 38.4 Å². The van der Waals surface area contributed by atoms with Gasteiger partial charge in [-0.05, 0) is 54.8 Å². The molecule has 0 atom stereocenters. The van der Waals surface area contributed by atoms with Crippen LogP contribution in [0.1, 0.15) is 5.56 Å². The van der Waals surface area contributed by atoms with Crippen molar-refractivity contribution in [3.05, 3.63) is 60.6 Å². The first-order valence-corrected chi connectivity index (χ1v) is 10.5. The minimum absolute atomic E-state index is 0.163. The highest BCUT2D eigenvalue weighted by atomic mass is 16.2. The third-order valence-corrected chi connectivity index (χ3v) is 5.66. The summed E-state index contributed by atoms with van der Waals surface area (Å²) in [6.07, 6.45) is 7.75. The van der Waals surface area contributed by atoms with Crippen LogP contribution < -0.4 is 11.1 Å². The summed E-state index contributed by atoms with van der Waals surface area (Å²) in [6, 6.07) is 7.62. The molecule has 1 aliphatic heterocycles. The predicted molar refractivity (Wildman–Crippen MR) is 126 cm³/mol. The number of rotatable bonds is 4. The monoisotopic (exact) mass is 430 g/mol. The molecule has 2 aromatic heterocycles. The van der Waals surface area contributed by atoms with Crippen molar-refractivity contribution in [1.29, 1.82) is 0 Å². The van der Waals surface area contributed by atoms with Crippen molar-refractivity contribution in [3.8, 4) is 11.1 Å². The number of aryl methyl sites for hydroxylation is 1. The number of aromatic nitrogens is 2. The van der Waals surface area contributed by atoms with Gasteiger partial charge in [0, 0.05) is 73.6 Å². The van der Waals surface area contributed by atoms with Crippen LogP contribution in [0, 0.1) is 6.92 Å². The van der Waals surface area contributed by atoms with Crippen LogP contribution in [0.25, 0.3) is 21.9 Å². The molecule has 32 heavy (non-hydrogen) atoms. The number of carbonyl (C=O) groups excluding carboxylic acids is 2. The Balaban J connectivity index is 1.50. The summed E-state index contributed by atoms with van der Waals surface area (Å²) in [5.74, 6) is -0.186. The molecule has 8 nitrogen and oxygen atoms in total. The number of pyridine rings is 2. The van der Waals surface area contributed by atoms with Crippen molar-refractivity contribution in [2.75, 3.05) is 44.3 Å². The van der Waals surface area contributed by atoms with Gasteiger partial charge < -0.3 is 20.9 Å². The molecule has 1 fully saturated rings. The van der Waals surface area contributed by atoms with E-state index in [9.17, 15) is 9.59 Å². The number of carbonyl (C=O) groups is 2. The van der Waals surface area contributed by atoms with Gasteiger partial charge in [0.2, 0.25) is 11.8 Å². The van der Waals surface area contributed by atoms with E-state index in [0.717, 1.165) is 40.6 Å². The normalized spacial score (nSPS) is 14.8. The maximum absolute atomic E-state index is 12.3. The average Bonchev–Trinajstić information content (AvgIpc) is 2.78. The number of benzene rings is 1. The zero-order valence-electron chi connectivity index (χ0n) is 18.2. The molecule has 0 radical (unpaired) electrons. The largest absolute Gasteiger partial charge is 0.398 e. The number of hydrogen-bond acceptors (Lipinski definition) is 6. The second-order valence-corrected chi connectivity index (χ2v) is 8.00. The lowest BCUT2D eigenvalue weighted by atomic mass is 9.99. The zero-order valence-corrected chi connectivity index (χ0v) is 18.2. The van der Waals surface area contributed by atoms with Gasteiger partial charge in [-0.15, -0.1) is 0 Å². The van der Waals surface area contributed by atoms with E-state index < -0.39 is 5.91 Å². The minimum Gasteiger partial charge on any atom is -0.398 e. The van der Waals surface area contributed by atoms with Crippen LogP contribution in [-0.2, 0) is 9.59 Å². The topological polar surface area (TPSA) is 104 Å². The van der Waals surface area contributed by atoms with Gasteiger partial charge in [0.15, 0.2) is 0 Å². The molecule has 1 aliphatic rings. The van der Waals surface area contributed by atoms with Crippen molar-refractivity contribution < 1.29 is 9.59 Å². The van der Waals surface area contributed by atoms with E-state index in [1.54, 1.807) is 23.4 Å². The highest BCUT2D eigenvalue weighted by Crippen LogP contribution is 2.31. The molecule has 0 spiro atoms. The number of piperazine rings is 1. The number of nitrogens with two attached hydrogens (primary N) is 1. The van der Waals surface area contributed by atoms with Crippen molar-refractivity contribution >= 4 is 34.1 Å². The summed E-state index contributed by atoms with van der Waals surface area (Å²) >= 11 is 0. The van der Waals surface area contributed by atoms with E-state index in [-0.39, 0.29) is 5.91 Å². The van der Waals surface area contributed by atoms with Crippen molar-refractivity contribution in [3.63, 3.8) is 0 Å². The van der Waals surface area contributed by atoms with E-state index in [0.29, 0.717) is 24.6 Å². The van der Waals surface area contributed by atoms with Crippen LogP contribution in [0.3, 0.4) is 0 Å². The second kappa shape index (κ2) is 9.15. The van der Waals surface area contributed by atoms with Crippen LogP contribution >= 0.6 is 0 Å². The maximum atomic E-state index is 12.3. The number of anilines is 2. The number of nitrogens with zero attached hydrogens (tertiary/aromatic N) is 4. The smallest absolute Gasteiger partial charge is 0.249 e. The molecule has 3 N–H and O–H groups in total. The third-order valence-electron chi connectivity index (χ3n) is 5.66. The van der Waals surface area contributed by atoms with Crippen LogP contribution in [-0.4, -0.2) is 64.8 Å². The fraction of sp³-hybridized carbons (Fsp3) is 0.250. The standard InChI is InChI=1S/C24H26N6O2/c1-16-5-6-26-14-19(16)17-11-18-13-22(27-15-20(18)21(25)12-17)28-23(31)3-4-24(32)30-9-7-29(2)8-10-30/h3-6,11-15H,7-10,25H2,1-2H3,(H,27,28,31)/b4-3+. The van der Waals surface area contributed by atoms with Crippen LogP contribution in [0.15, 0.2) is 55.0 Å². The Bertz CT molecular complexity index is 1200. The first kappa shape index (κ1) is 21.5. The molecule has 3 aromatic rings. The lowest BCUT2D eigenvalue weighted by Gasteiger charge is -2.31. The predicted octanol–water partition coefficient (Wildman–Crippen LogP) is 2.46. The Kier molecular flexibility index (Phi) is 6.13. The van der Waals surface area contributed by atoms with Gasteiger partial charge in [-0.1, -0.05) is 0 Å². The molecule has 4 rings (SSSR count). The Hall–Kier alpha value is -3.78. The average molecular weight is 431 g/mol. The molecule has 0 saturated carbocycles. The highest BCUT2D eigenvalue weighted by molar-refractivity contribution is 6.04. The summed E-state index contributed by atoms with van der Waals surface area (Å²) in [7, 11) is 2.02. The Morgan fingerprint density at radius 1 is 1.09 bits per heavy atom. The molecule has 1 saturated heterocycles. The number of hydrogen-bond donors (Lipinski definition) is 2. The quantitative estimate of drug-likeness (QED) is 0.487. The van der Waals surface area contributed by atoms with Gasteiger partial charge >= 0.3 is 0 Å². The number of likely N-dealkylation sites (N-methyl/N-ethyl adjacent to an activating group) is 1. The van der Waals surface area contributed by atoms with Crippen LogP contribution in [0.4, 0.5) is 11.5 Å². The van der Waals surface area contributed by atoms with Gasteiger partial charge in [0.25, 0.3) is 0 Å². The first-order chi connectivity index (χ1) is 15.4. The molecular weight excluding hydrogens is 404 g/mol. The molecule has 2 amide bonds. The van der Waals surface area contributed by atoms with Crippen molar-refractivity contribution in [2.45, 2.75) is 6.92 Å². The van der Waals surface area contributed by atoms with Crippen molar-refractivity contribution in [2.24, 2.45) is 0 Å². The highest BCUT2D eigenvalue weighted by Gasteiger charge is 2.17. The summed E-state index contributed by atoms with van der Waals surface area (Å²) in [6.45, 7) is 5.00. The van der Waals surface area contributed by atoms with Gasteiger partial charge in [-0.3, -0.25) is 14.6 Å².